The Hall–Kier alpha value is -0.0300. The van der Waals surface area contributed by atoms with Crippen LogP contribution >= 0.6 is 34.2 Å². The maximum atomic E-state index is 12.5. The van der Waals surface area contributed by atoms with Crippen molar-refractivity contribution in [1.82, 2.24) is 5.32 Å². The zero-order valence-corrected chi connectivity index (χ0v) is 15.7. The van der Waals surface area contributed by atoms with Crippen molar-refractivity contribution < 1.29 is 4.79 Å². The van der Waals surface area contributed by atoms with E-state index in [0.29, 0.717) is 11.8 Å². The van der Waals surface area contributed by atoms with Gasteiger partial charge in [-0.2, -0.15) is 0 Å². The van der Waals surface area contributed by atoms with Gasteiger partial charge in [0.1, 0.15) is 2.88 Å². The van der Waals surface area contributed by atoms with E-state index in [1.165, 1.54) is 38.5 Å². The Balaban J connectivity index is 1.41. The van der Waals surface area contributed by atoms with Gasteiger partial charge in [-0.25, -0.2) is 0 Å². The molecule has 4 saturated carbocycles. The van der Waals surface area contributed by atoms with Crippen LogP contribution in [0.1, 0.15) is 44.9 Å². The molecule has 1 amide bonds. The first-order chi connectivity index (χ1) is 10.4. The molecule has 0 radical (unpaired) electrons. The first kappa shape index (κ1) is 15.5. The average Bonchev–Trinajstić information content (AvgIpc) is 2.42. The Kier molecular flexibility index (Phi) is 3.88. The molecule has 5 aliphatic rings. The van der Waals surface area contributed by atoms with Crippen LogP contribution in [0.4, 0.5) is 0 Å². The van der Waals surface area contributed by atoms with Crippen LogP contribution in [0.5, 0.6) is 0 Å². The van der Waals surface area contributed by atoms with Gasteiger partial charge in [-0.05, 0) is 74.2 Å². The summed E-state index contributed by atoms with van der Waals surface area (Å²) in [4.78, 5) is 12.5. The van der Waals surface area contributed by atoms with Gasteiger partial charge in [-0.15, -0.1) is 0 Å². The predicted octanol–water partition coefficient (Wildman–Crippen LogP) is 4.58. The highest BCUT2D eigenvalue weighted by Crippen LogP contribution is 2.59. The summed E-state index contributed by atoms with van der Waals surface area (Å²) in [5.41, 5.74) is 1.22. The van der Waals surface area contributed by atoms with Gasteiger partial charge in [-0.1, -0.05) is 46.3 Å². The van der Waals surface area contributed by atoms with Crippen molar-refractivity contribution in [2.24, 2.45) is 23.2 Å². The third kappa shape index (κ3) is 3.00. The van der Waals surface area contributed by atoms with E-state index in [2.05, 4.69) is 27.9 Å². The largest absolute Gasteiger partial charge is 0.352 e. The fourth-order valence-corrected chi connectivity index (χ4v) is 6.58. The molecule has 0 aliphatic heterocycles. The highest BCUT2D eigenvalue weighted by molar-refractivity contribution is 14.1. The summed E-state index contributed by atoms with van der Waals surface area (Å²) < 4.78 is -0.538. The van der Waals surface area contributed by atoms with Gasteiger partial charge >= 0.3 is 0 Å². The van der Waals surface area contributed by atoms with Gasteiger partial charge < -0.3 is 5.32 Å². The molecule has 0 aromatic rings. The summed E-state index contributed by atoms with van der Waals surface area (Å²) in [7, 11) is 0. The quantitative estimate of drug-likeness (QED) is 0.396. The van der Waals surface area contributed by atoms with Gasteiger partial charge in [0, 0.05) is 12.1 Å². The third-order valence-electron chi connectivity index (χ3n) is 6.13. The molecule has 4 bridgehead atoms. The second-order valence-electron chi connectivity index (χ2n) is 8.05. The maximum absolute atomic E-state index is 12.5. The molecule has 1 N–H and O–H groups in total. The van der Waals surface area contributed by atoms with Gasteiger partial charge in [-0.3, -0.25) is 4.79 Å². The number of carbonyl (C=O) groups excluding carboxylic acids is 1. The van der Waals surface area contributed by atoms with Gasteiger partial charge in [0.2, 0.25) is 5.91 Å². The van der Waals surface area contributed by atoms with Crippen molar-refractivity contribution in [1.29, 1.82) is 0 Å². The molecule has 5 rings (SSSR count). The Labute approximate surface area is 151 Å². The molecule has 1 atom stereocenters. The maximum Gasteiger partial charge on any atom is 0.247 e. The standard InChI is InChI=1S/C18H23ClINO/c19-18(20)3-1-2-15(10-18)16(22)21-11-17-7-12-4-13(8-17)6-14(5-12)9-17/h1,3,10,12-14H,2,4-9,11H2,(H,21,22). The van der Waals surface area contributed by atoms with Crippen LogP contribution in [-0.2, 0) is 4.79 Å². The van der Waals surface area contributed by atoms with Crippen LogP contribution in [0.3, 0.4) is 0 Å². The first-order valence-electron chi connectivity index (χ1n) is 8.49. The second-order valence-corrected chi connectivity index (χ2v) is 11.1. The molecule has 0 heterocycles. The Morgan fingerprint density at radius 2 is 1.82 bits per heavy atom. The van der Waals surface area contributed by atoms with E-state index in [0.717, 1.165) is 29.9 Å². The average molecular weight is 432 g/mol. The van der Waals surface area contributed by atoms with Crippen molar-refractivity contribution in [2.75, 3.05) is 6.54 Å². The molecule has 4 heteroatoms. The minimum Gasteiger partial charge on any atom is -0.352 e. The molecule has 120 valence electrons. The van der Waals surface area contributed by atoms with Crippen LogP contribution in [-0.4, -0.2) is 15.3 Å². The second kappa shape index (κ2) is 5.51. The molecule has 0 aromatic heterocycles. The molecule has 1 unspecified atom stereocenters. The summed E-state index contributed by atoms with van der Waals surface area (Å²) in [5.74, 6) is 2.89. The van der Waals surface area contributed by atoms with E-state index < -0.39 is 2.88 Å². The first-order valence-corrected chi connectivity index (χ1v) is 9.94. The summed E-state index contributed by atoms with van der Waals surface area (Å²) in [5, 5.41) is 3.24. The highest BCUT2D eigenvalue weighted by Gasteiger charge is 2.50. The fraction of sp³-hybridized carbons (Fsp3) is 0.722. The van der Waals surface area contributed by atoms with Crippen LogP contribution in [0.2, 0.25) is 0 Å². The van der Waals surface area contributed by atoms with E-state index in [-0.39, 0.29) is 5.91 Å². The zero-order chi connectivity index (χ0) is 15.4. The topological polar surface area (TPSA) is 29.1 Å². The van der Waals surface area contributed by atoms with Crippen LogP contribution < -0.4 is 5.32 Å². The van der Waals surface area contributed by atoms with E-state index in [9.17, 15) is 4.79 Å². The van der Waals surface area contributed by atoms with Crippen LogP contribution in [0.15, 0.2) is 23.8 Å². The lowest BCUT2D eigenvalue weighted by molar-refractivity contribution is -0.119. The lowest BCUT2D eigenvalue weighted by atomic mass is 9.49. The van der Waals surface area contributed by atoms with E-state index in [1.54, 1.807) is 0 Å². The van der Waals surface area contributed by atoms with E-state index >= 15 is 0 Å². The molecule has 2 nitrogen and oxygen atoms in total. The minimum atomic E-state index is -0.538. The fourth-order valence-electron chi connectivity index (χ4n) is 5.73. The van der Waals surface area contributed by atoms with E-state index in [4.69, 9.17) is 11.6 Å². The number of alkyl halides is 2. The number of carbonyl (C=O) groups is 1. The monoisotopic (exact) mass is 431 g/mol. The van der Waals surface area contributed by atoms with Crippen LogP contribution in [0.25, 0.3) is 0 Å². The highest BCUT2D eigenvalue weighted by atomic mass is 127. The minimum absolute atomic E-state index is 0.0850. The molecule has 0 aromatic carbocycles. The molecule has 22 heavy (non-hydrogen) atoms. The summed E-state index contributed by atoms with van der Waals surface area (Å²) in [6, 6.07) is 0. The Morgan fingerprint density at radius 1 is 1.23 bits per heavy atom. The van der Waals surface area contributed by atoms with E-state index in [1.807, 2.05) is 18.2 Å². The molecular formula is C18H23ClINO. The zero-order valence-electron chi connectivity index (χ0n) is 12.8. The number of amides is 1. The molecule has 5 aliphatic carbocycles. The van der Waals surface area contributed by atoms with Crippen LogP contribution in [0, 0.1) is 23.2 Å². The lowest BCUT2D eigenvalue weighted by Crippen LogP contribution is -2.51. The molecule has 4 fully saturated rings. The molecular weight excluding hydrogens is 409 g/mol. The van der Waals surface area contributed by atoms with Gasteiger partial charge in [0.15, 0.2) is 0 Å². The predicted molar refractivity (Wildman–Crippen MR) is 98.1 cm³/mol. The van der Waals surface area contributed by atoms with Gasteiger partial charge in [0.25, 0.3) is 0 Å². The van der Waals surface area contributed by atoms with Crippen molar-refractivity contribution in [3.05, 3.63) is 23.8 Å². The number of rotatable bonds is 3. The van der Waals surface area contributed by atoms with Gasteiger partial charge in [0.05, 0.1) is 0 Å². The Bertz CT molecular complexity index is 516. The van der Waals surface area contributed by atoms with Crippen molar-refractivity contribution >= 4 is 40.1 Å². The normalized spacial score (nSPS) is 45.7. The smallest absolute Gasteiger partial charge is 0.247 e. The van der Waals surface area contributed by atoms with Crippen molar-refractivity contribution in [3.63, 3.8) is 0 Å². The number of halogens is 2. The number of hydrogen-bond acceptors (Lipinski definition) is 1. The summed E-state index contributed by atoms with van der Waals surface area (Å²) >= 11 is 8.47. The lowest BCUT2D eigenvalue weighted by Gasteiger charge is -2.56. The van der Waals surface area contributed by atoms with Crippen molar-refractivity contribution in [3.8, 4) is 0 Å². The number of allylic oxidation sites excluding steroid dienone is 3. The molecule has 0 spiro atoms. The molecule has 0 saturated heterocycles. The third-order valence-corrected chi connectivity index (χ3v) is 7.03. The summed E-state index contributed by atoms with van der Waals surface area (Å²) in [6.07, 6.45) is 14.9. The number of hydrogen-bond donors (Lipinski definition) is 1. The SMILES string of the molecule is O=C(NCC12CC3CC(CC(C3)C1)C2)C1=CC(Cl)(I)C=CC1. The number of nitrogens with one attached hydrogen (secondary N) is 1. The van der Waals surface area contributed by atoms with Crippen molar-refractivity contribution in [2.45, 2.75) is 47.8 Å². The summed E-state index contributed by atoms with van der Waals surface area (Å²) in [6.45, 7) is 0.868. The Morgan fingerprint density at radius 3 is 2.36 bits per heavy atom.